The zero-order chi connectivity index (χ0) is 11.7. The van der Waals surface area contributed by atoms with Crippen LogP contribution in [0.1, 0.15) is 24.3 Å². The van der Waals surface area contributed by atoms with Crippen molar-refractivity contribution in [3.8, 4) is 0 Å². The van der Waals surface area contributed by atoms with Crippen molar-refractivity contribution in [3.63, 3.8) is 0 Å². The van der Waals surface area contributed by atoms with Crippen molar-refractivity contribution in [3.05, 3.63) is 35.6 Å². The summed E-state index contributed by atoms with van der Waals surface area (Å²) < 4.78 is 13.0. The average Bonchev–Trinajstić information content (AvgIpc) is 2.71. The number of halogens is 1. The molecule has 0 spiro atoms. The van der Waals surface area contributed by atoms with Gasteiger partial charge in [-0.15, -0.1) is 0 Å². The fourth-order valence-electron chi connectivity index (χ4n) is 3.25. The second-order valence-electron chi connectivity index (χ2n) is 5.11. The summed E-state index contributed by atoms with van der Waals surface area (Å²) in [7, 11) is 0. The Bertz CT molecular complexity index is 376. The summed E-state index contributed by atoms with van der Waals surface area (Å²) in [5, 5.41) is 3.50. The predicted octanol–water partition coefficient (Wildman–Crippen LogP) is 1.98. The van der Waals surface area contributed by atoms with Crippen molar-refractivity contribution < 1.29 is 4.39 Å². The van der Waals surface area contributed by atoms with Crippen molar-refractivity contribution in [2.24, 2.45) is 0 Å². The van der Waals surface area contributed by atoms with E-state index >= 15 is 0 Å². The lowest BCUT2D eigenvalue weighted by Gasteiger charge is -2.28. The number of nitrogens with one attached hydrogen (secondary N) is 1. The summed E-state index contributed by atoms with van der Waals surface area (Å²) >= 11 is 0. The first-order valence-electron chi connectivity index (χ1n) is 6.55. The highest BCUT2D eigenvalue weighted by Crippen LogP contribution is 2.31. The Morgan fingerprint density at radius 3 is 2.82 bits per heavy atom. The lowest BCUT2D eigenvalue weighted by molar-refractivity contribution is 0.249. The Morgan fingerprint density at radius 1 is 1.18 bits per heavy atom. The lowest BCUT2D eigenvalue weighted by atomic mass is 9.90. The number of nitrogens with zero attached hydrogens (tertiary/aromatic N) is 1. The van der Waals surface area contributed by atoms with Crippen LogP contribution < -0.4 is 5.32 Å². The molecule has 2 nitrogen and oxygen atoms in total. The highest BCUT2D eigenvalue weighted by molar-refractivity contribution is 5.23. The van der Waals surface area contributed by atoms with Gasteiger partial charge in [-0.05, 0) is 37.1 Å². The van der Waals surface area contributed by atoms with E-state index in [1.165, 1.54) is 24.9 Å². The summed E-state index contributed by atoms with van der Waals surface area (Å²) in [5.41, 5.74) is 1.28. The van der Waals surface area contributed by atoms with Gasteiger partial charge in [-0.3, -0.25) is 4.90 Å². The third-order valence-electron chi connectivity index (χ3n) is 4.12. The minimum absolute atomic E-state index is 0.140. The molecular formula is C14H19FN2. The van der Waals surface area contributed by atoms with Crippen LogP contribution >= 0.6 is 0 Å². The van der Waals surface area contributed by atoms with Crippen LogP contribution in [-0.2, 0) is 0 Å². The number of benzene rings is 1. The first-order chi connectivity index (χ1) is 8.34. The van der Waals surface area contributed by atoms with Gasteiger partial charge in [0.25, 0.3) is 0 Å². The first kappa shape index (κ1) is 11.2. The van der Waals surface area contributed by atoms with E-state index in [9.17, 15) is 4.39 Å². The molecule has 2 aliphatic heterocycles. The Morgan fingerprint density at radius 2 is 2.00 bits per heavy atom. The molecule has 0 bridgehead atoms. The molecule has 1 N–H and O–H groups in total. The molecule has 1 aromatic rings. The van der Waals surface area contributed by atoms with E-state index < -0.39 is 0 Å². The first-order valence-corrected chi connectivity index (χ1v) is 6.55. The van der Waals surface area contributed by atoms with Crippen LogP contribution in [-0.4, -0.2) is 37.1 Å². The summed E-state index contributed by atoms with van der Waals surface area (Å²) in [6.07, 6.45) is 2.59. The van der Waals surface area contributed by atoms with E-state index in [4.69, 9.17) is 0 Å². The highest BCUT2D eigenvalue weighted by atomic mass is 19.1. The van der Waals surface area contributed by atoms with E-state index in [0.29, 0.717) is 12.0 Å². The van der Waals surface area contributed by atoms with Crippen LogP contribution in [0.2, 0.25) is 0 Å². The van der Waals surface area contributed by atoms with Crippen molar-refractivity contribution >= 4 is 0 Å². The molecule has 0 amide bonds. The zero-order valence-electron chi connectivity index (χ0n) is 10.0. The van der Waals surface area contributed by atoms with Gasteiger partial charge in [0.1, 0.15) is 5.82 Å². The van der Waals surface area contributed by atoms with Gasteiger partial charge < -0.3 is 5.32 Å². The largest absolute Gasteiger partial charge is 0.315 e. The molecule has 17 heavy (non-hydrogen) atoms. The van der Waals surface area contributed by atoms with Crippen molar-refractivity contribution in [1.82, 2.24) is 10.2 Å². The molecule has 2 aliphatic rings. The number of rotatable bonds is 1. The van der Waals surface area contributed by atoms with Crippen LogP contribution in [0.15, 0.2) is 24.3 Å². The Kier molecular flexibility index (Phi) is 3.12. The fourth-order valence-corrected chi connectivity index (χ4v) is 3.25. The number of hydrogen-bond donors (Lipinski definition) is 1. The monoisotopic (exact) mass is 234 g/mol. The van der Waals surface area contributed by atoms with Gasteiger partial charge in [-0.1, -0.05) is 12.1 Å². The summed E-state index contributed by atoms with van der Waals surface area (Å²) in [6.45, 7) is 4.48. The molecule has 3 rings (SSSR count). The second-order valence-corrected chi connectivity index (χ2v) is 5.11. The van der Waals surface area contributed by atoms with Gasteiger partial charge in [0.15, 0.2) is 0 Å². The van der Waals surface area contributed by atoms with Gasteiger partial charge in [-0.25, -0.2) is 4.39 Å². The van der Waals surface area contributed by atoms with Crippen LogP contribution in [0.3, 0.4) is 0 Å². The predicted molar refractivity (Wildman–Crippen MR) is 66.6 cm³/mol. The topological polar surface area (TPSA) is 15.3 Å². The molecule has 2 unspecified atom stereocenters. The average molecular weight is 234 g/mol. The highest BCUT2D eigenvalue weighted by Gasteiger charge is 2.33. The molecule has 1 aromatic carbocycles. The van der Waals surface area contributed by atoms with E-state index in [-0.39, 0.29) is 5.82 Å². The van der Waals surface area contributed by atoms with E-state index in [0.717, 1.165) is 19.6 Å². The van der Waals surface area contributed by atoms with Crippen LogP contribution in [0, 0.1) is 5.82 Å². The van der Waals surface area contributed by atoms with Gasteiger partial charge in [0.05, 0.1) is 0 Å². The molecule has 0 aromatic heterocycles. The van der Waals surface area contributed by atoms with Gasteiger partial charge in [0, 0.05) is 31.6 Å². The van der Waals surface area contributed by atoms with Crippen LogP contribution in [0.25, 0.3) is 0 Å². The Balaban J connectivity index is 1.86. The summed E-state index contributed by atoms with van der Waals surface area (Å²) in [6, 6.07) is 7.71. The number of fused-ring (bicyclic) bond motifs is 1. The zero-order valence-corrected chi connectivity index (χ0v) is 10.0. The van der Waals surface area contributed by atoms with Gasteiger partial charge >= 0.3 is 0 Å². The molecule has 0 saturated carbocycles. The Hall–Kier alpha value is -0.930. The molecule has 2 atom stereocenters. The normalized spacial score (nSPS) is 29.9. The molecule has 92 valence electrons. The maximum absolute atomic E-state index is 13.0. The number of hydrogen-bond acceptors (Lipinski definition) is 2. The smallest absolute Gasteiger partial charge is 0.123 e. The van der Waals surface area contributed by atoms with Crippen molar-refractivity contribution in [2.45, 2.75) is 24.8 Å². The summed E-state index contributed by atoms with van der Waals surface area (Å²) in [4.78, 5) is 2.59. The quantitative estimate of drug-likeness (QED) is 0.799. The van der Waals surface area contributed by atoms with Gasteiger partial charge in [0.2, 0.25) is 0 Å². The van der Waals surface area contributed by atoms with Crippen LogP contribution in [0.4, 0.5) is 4.39 Å². The summed E-state index contributed by atoms with van der Waals surface area (Å²) in [5.74, 6) is 0.374. The maximum atomic E-state index is 13.0. The van der Waals surface area contributed by atoms with Crippen molar-refractivity contribution in [1.29, 1.82) is 0 Å². The third-order valence-corrected chi connectivity index (χ3v) is 4.12. The molecular weight excluding hydrogens is 215 g/mol. The second kappa shape index (κ2) is 4.75. The molecule has 0 aliphatic carbocycles. The molecule has 3 heteroatoms. The van der Waals surface area contributed by atoms with E-state index in [1.807, 2.05) is 12.1 Å². The lowest BCUT2D eigenvalue weighted by Crippen LogP contribution is -2.34. The van der Waals surface area contributed by atoms with Crippen molar-refractivity contribution in [2.75, 3.05) is 26.2 Å². The minimum Gasteiger partial charge on any atom is -0.315 e. The van der Waals surface area contributed by atoms with E-state index in [1.54, 1.807) is 12.1 Å². The molecule has 2 heterocycles. The standard InChI is InChI=1S/C14H19FN2/c15-12-5-3-11(4-6-12)13-10-16-7-9-17-8-1-2-14(13)17/h3-6,13-14,16H,1-2,7-10H2. The van der Waals surface area contributed by atoms with Crippen LogP contribution in [0.5, 0.6) is 0 Å². The minimum atomic E-state index is -0.140. The molecule has 0 radical (unpaired) electrons. The van der Waals surface area contributed by atoms with Gasteiger partial charge in [-0.2, -0.15) is 0 Å². The van der Waals surface area contributed by atoms with E-state index in [2.05, 4.69) is 10.2 Å². The third kappa shape index (κ3) is 2.22. The molecule has 2 saturated heterocycles. The molecule has 2 fully saturated rings. The fraction of sp³-hybridized carbons (Fsp3) is 0.571. The SMILES string of the molecule is Fc1ccc(C2CNCCN3CCCC23)cc1. The Labute approximate surface area is 102 Å². The maximum Gasteiger partial charge on any atom is 0.123 e.